The Morgan fingerprint density at radius 2 is 2.16 bits per heavy atom. The third-order valence-electron chi connectivity index (χ3n) is 3.52. The first-order valence-corrected chi connectivity index (χ1v) is 9.04. The Morgan fingerprint density at radius 1 is 1.40 bits per heavy atom. The highest BCUT2D eigenvalue weighted by atomic mass is 32.1. The van der Waals surface area contributed by atoms with E-state index in [9.17, 15) is 10.1 Å². The van der Waals surface area contributed by atoms with Gasteiger partial charge in [-0.2, -0.15) is 5.26 Å². The van der Waals surface area contributed by atoms with Crippen LogP contribution in [0.5, 0.6) is 5.75 Å². The van der Waals surface area contributed by atoms with Crippen LogP contribution in [0.25, 0.3) is 0 Å². The van der Waals surface area contributed by atoms with E-state index in [1.807, 2.05) is 20.8 Å². The third kappa shape index (κ3) is 4.78. The number of carbonyl (C=O) groups is 1. The van der Waals surface area contributed by atoms with Crippen LogP contribution >= 0.6 is 23.6 Å². The Kier molecular flexibility index (Phi) is 6.51. The lowest BCUT2D eigenvalue weighted by Gasteiger charge is -2.10. The molecular weight excluding hydrogens is 354 g/mol. The van der Waals surface area contributed by atoms with Crippen molar-refractivity contribution in [2.75, 3.05) is 11.9 Å². The van der Waals surface area contributed by atoms with Gasteiger partial charge in [0.1, 0.15) is 16.8 Å². The first-order chi connectivity index (χ1) is 12.0. The zero-order valence-corrected chi connectivity index (χ0v) is 15.9. The molecule has 25 heavy (non-hydrogen) atoms. The van der Waals surface area contributed by atoms with Crippen LogP contribution in [-0.2, 0) is 0 Å². The predicted molar refractivity (Wildman–Crippen MR) is 104 cm³/mol. The normalized spacial score (nSPS) is 10.0. The van der Waals surface area contributed by atoms with E-state index >= 15 is 0 Å². The highest BCUT2D eigenvalue weighted by molar-refractivity contribution is 7.80. The summed E-state index contributed by atoms with van der Waals surface area (Å²) in [6, 6.07) is 9.09. The summed E-state index contributed by atoms with van der Waals surface area (Å²) in [5.74, 6) is 0.313. The smallest absolute Gasteiger partial charge is 0.257 e. The molecule has 2 aromatic rings. The van der Waals surface area contributed by atoms with E-state index in [0.717, 1.165) is 16.9 Å². The number of nitrogens with one attached hydrogen (secondary N) is 2. The van der Waals surface area contributed by atoms with Crippen LogP contribution in [0, 0.1) is 25.2 Å². The molecule has 0 spiro atoms. The van der Waals surface area contributed by atoms with Gasteiger partial charge in [-0.05, 0) is 56.2 Å². The standard InChI is InChI=1S/C18H19N3O2S2/c1-4-8-23-14-7-5-6-13(9-14)16(22)20-18(24)21-17-15(10-19)11(2)12(3)25-17/h5-7,9H,4,8H2,1-3H3,(H2,20,21,22,24). The minimum Gasteiger partial charge on any atom is -0.494 e. The van der Waals surface area contributed by atoms with Crippen molar-refractivity contribution in [3.8, 4) is 11.8 Å². The summed E-state index contributed by atoms with van der Waals surface area (Å²) in [5, 5.41) is 15.6. The second-order valence-corrected chi connectivity index (χ2v) is 7.02. The number of hydrogen-bond donors (Lipinski definition) is 2. The van der Waals surface area contributed by atoms with Crippen molar-refractivity contribution in [1.29, 1.82) is 5.26 Å². The van der Waals surface area contributed by atoms with Crippen LogP contribution in [0.1, 0.15) is 39.7 Å². The molecule has 5 nitrogen and oxygen atoms in total. The Morgan fingerprint density at radius 3 is 2.84 bits per heavy atom. The maximum absolute atomic E-state index is 12.3. The molecule has 0 aliphatic carbocycles. The van der Waals surface area contributed by atoms with Gasteiger partial charge in [0.05, 0.1) is 12.2 Å². The lowest BCUT2D eigenvalue weighted by molar-refractivity contribution is 0.0977. The van der Waals surface area contributed by atoms with Crippen molar-refractivity contribution in [1.82, 2.24) is 5.32 Å². The van der Waals surface area contributed by atoms with Crippen LogP contribution in [0.3, 0.4) is 0 Å². The average Bonchev–Trinajstić information content (AvgIpc) is 2.86. The average molecular weight is 374 g/mol. The van der Waals surface area contributed by atoms with Crippen molar-refractivity contribution >= 4 is 39.6 Å². The Hall–Kier alpha value is -2.43. The molecule has 0 aliphatic rings. The molecule has 0 bridgehead atoms. The largest absolute Gasteiger partial charge is 0.494 e. The quantitative estimate of drug-likeness (QED) is 0.770. The number of anilines is 1. The summed E-state index contributed by atoms with van der Waals surface area (Å²) in [5.41, 5.74) is 1.93. The second kappa shape index (κ2) is 8.60. The molecule has 0 unspecified atom stereocenters. The van der Waals surface area contributed by atoms with Gasteiger partial charge in [0, 0.05) is 10.4 Å². The first-order valence-electron chi connectivity index (χ1n) is 7.81. The summed E-state index contributed by atoms with van der Waals surface area (Å²) >= 11 is 6.63. The molecule has 1 heterocycles. The molecule has 1 aromatic carbocycles. The number of thiocarbonyl (C=S) groups is 1. The van der Waals surface area contributed by atoms with Crippen LogP contribution in [-0.4, -0.2) is 17.6 Å². The van der Waals surface area contributed by atoms with Crippen molar-refractivity contribution in [2.45, 2.75) is 27.2 Å². The number of nitrogens with zero attached hydrogens (tertiary/aromatic N) is 1. The number of hydrogen-bond acceptors (Lipinski definition) is 5. The summed E-state index contributed by atoms with van der Waals surface area (Å²) in [6.45, 7) is 6.44. The Bertz CT molecular complexity index is 837. The molecule has 2 N–H and O–H groups in total. The van der Waals surface area contributed by atoms with E-state index in [1.54, 1.807) is 24.3 Å². The third-order valence-corrected chi connectivity index (χ3v) is 4.85. The van der Waals surface area contributed by atoms with Crippen molar-refractivity contribution in [3.63, 3.8) is 0 Å². The van der Waals surface area contributed by atoms with E-state index in [2.05, 4.69) is 16.7 Å². The molecule has 7 heteroatoms. The molecule has 0 aliphatic heterocycles. The highest BCUT2D eigenvalue weighted by Gasteiger charge is 2.15. The van der Waals surface area contributed by atoms with Crippen LogP contribution in [0.4, 0.5) is 5.00 Å². The molecule has 0 saturated heterocycles. The minimum atomic E-state index is -0.331. The van der Waals surface area contributed by atoms with E-state index in [4.69, 9.17) is 17.0 Å². The van der Waals surface area contributed by atoms with E-state index in [1.165, 1.54) is 11.3 Å². The monoisotopic (exact) mass is 373 g/mol. The molecular formula is C18H19N3O2S2. The van der Waals surface area contributed by atoms with Gasteiger partial charge in [-0.25, -0.2) is 0 Å². The van der Waals surface area contributed by atoms with Crippen molar-refractivity contribution < 1.29 is 9.53 Å². The van der Waals surface area contributed by atoms with Gasteiger partial charge in [0.15, 0.2) is 5.11 Å². The molecule has 1 aromatic heterocycles. The maximum atomic E-state index is 12.3. The fraction of sp³-hybridized carbons (Fsp3) is 0.278. The molecule has 0 radical (unpaired) electrons. The van der Waals surface area contributed by atoms with E-state index in [-0.39, 0.29) is 11.0 Å². The SMILES string of the molecule is CCCOc1cccc(C(=O)NC(=S)Nc2sc(C)c(C)c2C#N)c1. The predicted octanol–water partition coefficient (Wildman–Crippen LogP) is 4.15. The number of aryl methyl sites for hydroxylation is 1. The topological polar surface area (TPSA) is 74.2 Å². The lowest BCUT2D eigenvalue weighted by Crippen LogP contribution is -2.34. The molecule has 130 valence electrons. The van der Waals surface area contributed by atoms with Gasteiger partial charge in [0.2, 0.25) is 0 Å². The number of thiophene rings is 1. The van der Waals surface area contributed by atoms with E-state index < -0.39 is 0 Å². The summed E-state index contributed by atoms with van der Waals surface area (Å²) in [4.78, 5) is 13.4. The van der Waals surface area contributed by atoms with Gasteiger partial charge in [-0.3, -0.25) is 10.1 Å². The van der Waals surface area contributed by atoms with Gasteiger partial charge in [-0.15, -0.1) is 11.3 Å². The van der Waals surface area contributed by atoms with Crippen LogP contribution in [0.15, 0.2) is 24.3 Å². The van der Waals surface area contributed by atoms with Crippen molar-refractivity contribution in [2.24, 2.45) is 0 Å². The summed E-state index contributed by atoms with van der Waals surface area (Å²) in [6.07, 6.45) is 0.894. The number of rotatable bonds is 5. The van der Waals surface area contributed by atoms with E-state index in [0.29, 0.717) is 28.5 Å². The fourth-order valence-electron chi connectivity index (χ4n) is 2.11. The summed E-state index contributed by atoms with van der Waals surface area (Å²) in [7, 11) is 0. The summed E-state index contributed by atoms with van der Waals surface area (Å²) < 4.78 is 5.53. The van der Waals surface area contributed by atoms with Crippen LogP contribution < -0.4 is 15.4 Å². The number of amides is 1. The number of carbonyl (C=O) groups excluding carboxylic acids is 1. The zero-order valence-electron chi connectivity index (χ0n) is 14.3. The maximum Gasteiger partial charge on any atom is 0.257 e. The Labute approximate surface area is 156 Å². The number of ether oxygens (including phenoxy) is 1. The fourth-order valence-corrected chi connectivity index (χ4v) is 3.38. The first kappa shape index (κ1) is 18.9. The van der Waals surface area contributed by atoms with Crippen LogP contribution in [0.2, 0.25) is 0 Å². The highest BCUT2D eigenvalue weighted by Crippen LogP contribution is 2.31. The molecule has 1 amide bonds. The lowest BCUT2D eigenvalue weighted by atomic mass is 10.2. The number of benzene rings is 1. The van der Waals surface area contributed by atoms with Gasteiger partial charge < -0.3 is 10.1 Å². The van der Waals surface area contributed by atoms with Crippen molar-refractivity contribution in [3.05, 3.63) is 45.8 Å². The minimum absolute atomic E-state index is 0.155. The Balaban J connectivity index is 2.05. The van der Waals surface area contributed by atoms with Gasteiger partial charge >= 0.3 is 0 Å². The zero-order chi connectivity index (χ0) is 18.4. The molecule has 0 fully saturated rings. The number of nitriles is 1. The molecule has 0 atom stereocenters. The molecule has 2 rings (SSSR count). The van der Waals surface area contributed by atoms with Gasteiger partial charge in [-0.1, -0.05) is 13.0 Å². The molecule has 0 saturated carbocycles. The van der Waals surface area contributed by atoms with Gasteiger partial charge in [0.25, 0.3) is 5.91 Å². The second-order valence-electron chi connectivity index (χ2n) is 5.38.